The molecule has 0 spiro atoms. The molecule has 6 heteroatoms. The number of urea groups is 1. The Labute approximate surface area is 127 Å². The van der Waals surface area contributed by atoms with E-state index in [-0.39, 0.29) is 17.9 Å². The van der Waals surface area contributed by atoms with Crippen molar-refractivity contribution in [1.29, 1.82) is 0 Å². The van der Waals surface area contributed by atoms with E-state index >= 15 is 0 Å². The molecule has 0 aliphatic carbocycles. The summed E-state index contributed by atoms with van der Waals surface area (Å²) in [6, 6.07) is 0.280. The summed E-state index contributed by atoms with van der Waals surface area (Å²) in [6.45, 7) is 6.59. The lowest BCUT2D eigenvalue weighted by molar-refractivity contribution is -0.137. The van der Waals surface area contributed by atoms with Gasteiger partial charge in [-0.3, -0.25) is 4.79 Å². The van der Waals surface area contributed by atoms with E-state index in [4.69, 9.17) is 5.11 Å². The van der Waals surface area contributed by atoms with Crippen LogP contribution in [0.5, 0.6) is 0 Å². The zero-order chi connectivity index (χ0) is 15.9. The second-order valence-electron chi connectivity index (χ2n) is 6.63. The van der Waals surface area contributed by atoms with Crippen LogP contribution in [0.25, 0.3) is 0 Å². The number of piperidine rings is 1. The molecular formula is C15H29N3O3. The monoisotopic (exact) mass is 299 g/mol. The molecule has 0 unspecified atom stereocenters. The van der Waals surface area contributed by atoms with Crippen LogP contribution >= 0.6 is 0 Å². The Morgan fingerprint density at radius 3 is 2.48 bits per heavy atom. The number of rotatable bonds is 7. The van der Waals surface area contributed by atoms with E-state index in [0.717, 1.165) is 32.4 Å². The number of carboxylic acids is 1. The van der Waals surface area contributed by atoms with Crippen LogP contribution in [0.2, 0.25) is 0 Å². The molecule has 1 aliphatic rings. The minimum atomic E-state index is -0.766. The Balaban J connectivity index is 2.27. The summed E-state index contributed by atoms with van der Waals surface area (Å²) in [7, 11) is 1.85. The number of carbonyl (C=O) groups is 2. The number of hydrogen-bond donors (Lipinski definition) is 3. The average Bonchev–Trinajstić information content (AvgIpc) is 2.45. The SMILES string of the molecule is CN(C(=O)NCCC(C)(C)CCC(=O)O)C1CCNCC1. The maximum atomic E-state index is 12.1. The highest BCUT2D eigenvalue weighted by atomic mass is 16.4. The lowest BCUT2D eigenvalue weighted by Gasteiger charge is -2.32. The third-order valence-corrected chi connectivity index (χ3v) is 4.27. The topological polar surface area (TPSA) is 81.7 Å². The molecule has 3 N–H and O–H groups in total. The molecule has 1 saturated heterocycles. The number of aliphatic carboxylic acids is 1. The zero-order valence-corrected chi connectivity index (χ0v) is 13.4. The fraction of sp³-hybridized carbons (Fsp3) is 0.867. The molecule has 21 heavy (non-hydrogen) atoms. The van der Waals surface area contributed by atoms with Gasteiger partial charge in [-0.2, -0.15) is 0 Å². The van der Waals surface area contributed by atoms with Crippen LogP contribution in [0.4, 0.5) is 4.79 Å². The Morgan fingerprint density at radius 1 is 1.29 bits per heavy atom. The van der Waals surface area contributed by atoms with Gasteiger partial charge in [0.2, 0.25) is 0 Å². The average molecular weight is 299 g/mol. The summed E-state index contributed by atoms with van der Waals surface area (Å²) in [5.74, 6) is -0.766. The van der Waals surface area contributed by atoms with Gasteiger partial charge in [-0.15, -0.1) is 0 Å². The van der Waals surface area contributed by atoms with Crippen LogP contribution in [0.1, 0.15) is 46.0 Å². The first-order chi connectivity index (χ1) is 9.82. The number of nitrogens with one attached hydrogen (secondary N) is 2. The van der Waals surface area contributed by atoms with Gasteiger partial charge in [-0.1, -0.05) is 13.8 Å². The molecule has 122 valence electrons. The summed E-state index contributed by atoms with van der Waals surface area (Å²) < 4.78 is 0. The standard InChI is InChI=1S/C15H29N3O3/c1-15(2,7-4-13(19)20)8-11-17-14(21)18(3)12-5-9-16-10-6-12/h12,16H,4-11H2,1-3H3,(H,17,21)(H,19,20). The Hall–Kier alpha value is -1.30. The van der Waals surface area contributed by atoms with Crippen LogP contribution in [0, 0.1) is 5.41 Å². The van der Waals surface area contributed by atoms with E-state index in [1.165, 1.54) is 0 Å². The molecule has 0 radical (unpaired) electrons. The largest absolute Gasteiger partial charge is 0.481 e. The molecule has 0 atom stereocenters. The summed E-state index contributed by atoms with van der Waals surface area (Å²) in [4.78, 5) is 24.5. The van der Waals surface area contributed by atoms with Crippen LogP contribution in [-0.4, -0.2) is 54.7 Å². The van der Waals surface area contributed by atoms with Crippen molar-refractivity contribution >= 4 is 12.0 Å². The van der Waals surface area contributed by atoms with Crippen molar-refractivity contribution in [3.63, 3.8) is 0 Å². The lowest BCUT2D eigenvalue weighted by Crippen LogP contribution is -2.48. The van der Waals surface area contributed by atoms with E-state index in [0.29, 0.717) is 19.0 Å². The number of hydrogen-bond acceptors (Lipinski definition) is 3. The number of nitrogens with zero attached hydrogens (tertiary/aromatic N) is 1. The van der Waals surface area contributed by atoms with Crippen LogP contribution in [0.15, 0.2) is 0 Å². The van der Waals surface area contributed by atoms with Gasteiger partial charge in [-0.25, -0.2) is 4.79 Å². The second-order valence-corrected chi connectivity index (χ2v) is 6.63. The first-order valence-electron chi connectivity index (χ1n) is 7.75. The predicted molar refractivity (Wildman–Crippen MR) is 82.3 cm³/mol. The summed E-state index contributed by atoms with van der Waals surface area (Å²) in [6.07, 6.45) is 3.58. The molecular weight excluding hydrogens is 270 g/mol. The van der Waals surface area contributed by atoms with Gasteiger partial charge in [0, 0.05) is 26.1 Å². The highest BCUT2D eigenvalue weighted by molar-refractivity contribution is 5.74. The van der Waals surface area contributed by atoms with E-state index in [2.05, 4.69) is 10.6 Å². The number of amides is 2. The highest BCUT2D eigenvalue weighted by Crippen LogP contribution is 2.26. The fourth-order valence-corrected chi connectivity index (χ4v) is 2.56. The zero-order valence-electron chi connectivity index (χ0n) is 13.4. The molecule has 2 amide bonds. The second kappa shape index (κ2) is 8.22. The van der Waals surface area contributed by atoms with Crippen molar-refractivity contribution in [2.24, 2.45) is 5.41 Å². The smallest absolute Gasteiger partial charge is 0.317 e. The van der Waals surface area contributed by atoms with E-state index < -0.39 is 5.97 Å². The minimum Gasteiger partial charge on any atom is -0.481 e. The number of carboxylic acid groups (broad SMARTS) is 1. The molecule has 1 rings (SSSR count). The van der Waals surface area contributed by atoms with Crippen LogP contribution < -0.4 is 10.6 Å². The van der Waals surface area contributed by atoms with Crippen molar-refractivity contribution in [2.45, 2.75) is 52.0 Å². The Bertz CT molecular complexity index is 352. The van der Waals surface area contributed by atoms with Gasteiger partial charge < -0.3 is 20.6 Å². The van der Waals surface area contributed by atoms with E-state index in [1.807, 2.05) is 20.9 Å². The minimum absolute atomic E-state index is 0.0315. The van der Waals surface area contributed by atoms with Crippen molar-refractivity contribution < 1.29 is 14.7 Å². The quantitative estimate of drug-likeness (QED) is 0.668. The Kier molecular flexibility index (Phi) is 6.95. The summed E-state index contributed by atoms with van der Waals surface area (Å²) >= 11 is 0. The van der Waals surface area contributed by atoms with Gasteiger partial charge in [0.25, 0.3) is 0 Å². The van der Waals surface area contributed by atoms with Crippen molar-refractivity contribution in [1.82, 2.24) is 15.5 Å². The molecule has 0 aromatic heterocycles. The van der Waals surface area contributed by atoms with Gasteiger partial charge >= 0.3 is 12.0 Å². The third kappa shape index (κ3) is 6.80. The first-order valence-corrected chi connectivity index (χ1v) is 7.75. The summed E-state index contributed by atoms with van der Waals surface area (Å²) in [5.41, 5.74) is -0.0704. The maximum Gasteiger partial charge on any atom is 0.317 e. The molecule has 1 aliphatic heterocycles. The highest BCUT2D eigenvalue weighted by Gasteiger charge is 2.23. The third-order valence-electron chi connectivity index (χ3n) is 4.27. The van der Waals surface area contributed by atoms with E-state index in [9.17, 15) is 9.59 Å². The molecule has 0 bridgehead atoms. The molecule has 1 fully saturated rings. The number of carbonyl (C=O) groups excluding carboxylic acids is 1. The van der Waals surface area contributed by atoms with Gasteiger partial charge in [0.05, 0.1) is 0 Å². The van der Waals surface area contributed by atoms with E-state index in [1.54, 1.807) is 4.90 Å². The van der Waals surface area contributed by atoms with Crippen molar-refractivity contribution in [2.75, 3.05) is 26.7 Å². The molecule has 1 heterocycles. The first kappa shape index (κ1) is 17.8. The van der Waals surface area contributed by atoms with Crippen LogP contribution in [0.3, 0.4) is 0 Å². The molecule has 0 aromatic rings. The molecule has 6 nitrogen and oxygen atoms in total. The summed E-state index contributed by atoms with van der Waals surface area (Å²) in [5, 5.41) is 15.0. The molecule has 0 saturated carbocycles. The van der Waals surface area contributed by atoms with Crippen LogP contribution in [-0.2, 0) is 4.79 Å². The maximum absolute atomic E-state index is 12.1. The van der Waals surface area contributed by atoms with Gasteiger partial charge in [-0.05, 0) is 44.2 Å². The van der Waals surface area contributed by atoms with Gasteiger partial charge in [0.15, 0.2) is 0 Å². The fourth-order valence-electron chi connectivity index (χ4n) is 2.56. The normalized spacial score (nSPS) is 16.5. The predicted octanol–water partition coefficient (Wildman–Crippen LogP) is 1.66. The lowest BCUT2D eigenvalue weighted by atomic mass is 9.84. The van der Waals surface area contributed by atoms with Crippen molar-refractivity contribution in [3.05, 3.63) is 0 Å². The van der Waals surface area contributed by atoms with Gasteiger partial charge in [0.1, 0.15) is 0 Å². The molecule has 0 aromatic carbocycles. The Morgan fingerprint density at radius 2 is 1.90 bits per heavy atom. The van der Waals surface area contributed by atoms with Crippen molar-refractivity contribution in [3.8, 4) is 0 Å².